The molecule has 0 aliphatic carbocycles. The van der Waals surface area contributed by atoms with Crippen molar-refractivity contribution in [2.45, 2.75) is 40.7 Å². The van der Waals surface area contributed by atoms with E-state index in [0.29, 0.717) is 17.1 Å². The summed E-state index contributed by atoms with van der Waals surface area (Å²) in [4.78, 5) is 36.7. The third-order valence-electron chi connectivity index (χ3n) is 4.90. The second-order valence-electron chi connectivity index (χ2n) is 7.75. The molecule has 2 N–H and O–H groups in total. The molecule has 1 aromatic heterocycles. The average Bonchev–Trinajstić information content (AvgIpc) is 2.68. The van der Waals surface area contributed by atoms with Gasteiger partial charge in [0.05, 0.1) is 5.69 Å². The number of rotatable bonds is 5. The molecule has 7 heteroatoms. The number of carbonyl (C=O) groups is 2. The topological polar surface area (TPSA) is 93.1 Å². The highest BCUT2D eigenvalue weighted by Gasteiger charge is 2.19. The highest BCUT2D eigenvalue weighted by molar-refractivity contribution is 5.93. The number of carbonyl (C=O) groups excluding carboxylic acids is 2. The first-order valence-electron chi connectivity index (χ1n) is 10.0. The van der Waals surface area contributed by atoms with E-state index in [9.17, 15) is 14.4 Å². The molecule has 31 heavy (non-hydrogen) atoms. The van der Waals surface area contributed by atoms with Gasteiger partial charge in [0.2, 0.25) is 11.8 Å². The minimum atomic E-state index is -0.812. The van der Waals surface area contributed by atoms with Gasteiger partial charge in [-0.2, -0.15) is 5.10 Å². The highest BCUT2D eigenvalue weighted by Crippen LogP contribution is 2.24. The molecule has 0 aliphatic heterocycles. The molecular weight excluding hydrogens is 392 g/mol. The van der Waals surface area contributed by atoms with Gasteiger partial charge < -0.3 is 10.6 Å². The summed E-state index contributed by atoms with van der Waals surface area (Å²) in [7, 11) is 0. The lowest BCUT2D eigenvalue weighted by Gasteiger charge is -2.16. The van der Waals surface area contributed by atoms with Crippen LogP contribution in [0, 0.1) is 20.8 Å². The zero-order valence-electron chi connectivity index (χ0n) is 18.3. The van der Waals surface area contributed by atoms with Gasteiger partial charge >= 0.3 is 0 Å². The lowest BCUT2D eigenvalue weighted by Crippen LogP contribution is -2.33. The molecule has 7 nitrogen and oxygen atoms in total. The summed E-state index contributed by atoms with van der Waals surface area (Å²) in [6.07, 6.45) is 0. The number of nitrogens with one attached hydrogen (secondary N) is 2. The minimum Gasteiger partial charge on any atom is -0.326 e. The van der Waals surface area contributed by atoms with Crippen LogP contribution >= 0.6 is 0 Å². The van der Waals surface area contributed by atoms with Gasteiger partial charge in [-0.25, -0.2) is 4.68 Å². The van der Waals surface area contributed by atoms with Gasteiger partial charge in [0, 0.05) is 29.9 Å². The largest absolute Gasteiger partial charge is 0.326 e. The van der Waals surface area contributed by atoms with Crippen molar-refractivity contribution in [1.82, 2.24) is 9.78 Å². The Morgan fingerprint density at radius 3 is 2.26 bits per heavy atom. The second-order valence-corrected chi connectivity index (χ2v) is 7.75. The Morgan fingerprint density at radius 2 is 1.61 bits per heavy atom. The minimum absolute atomic E-state index is 0.171. The van der Waals surface area contributed by atoms with E-state index in [1.807, 2.05) is 51.1 Å². The summed E-state index contributed by atoms with van der Waals surface area (Å²) in [6, 6.07) is 13.5. The van der Waals surface area contributed by atoms with Crippen LogP contribution in [0.15, 0.2) is 53.3 Å². The summed E-state index contributed by atoms with van der Waals surface area (Å²) in [6.45, 7) is 8.88. The van der Waals surface area contributed by atoms with E-state index in [2.05, 4.69) is 15.7 Å². The van der Waals surface area contributed by atoms with Crippen LogP contribution in [0.25, 0.3) is 11.3 Å². The van der Waals surface area contributed by atoms with Crippen molar-refractivity contribution in [2.75, 3.05) is 10.6 Å². The maximum atomic E-state index is 12.8. The number of aryl methyl sites for hydroxylation is 3. The van der Waals surface area contributed by atoms with Gasteiger partial charge in [-0.1, -0.05) is 18.2 Å². The maximum Gasteiger partial charge on any atom is 0.267 e. The van der Waals surface area contributed by atoms with Crippen LogP contribution in [0.2, 0.25) is 0 Å². The molecule has 0 saturated heterocycles. The molecule has 0 spiro atoms. The normalized spacial score (nSPS) is 11.6. The molecular formula is C24H26N4O3. The standard InChI is InChI=1S/C24H26N4O3/c1-14-10-15(2)12-20(11-14)26-24(31)17(4)28-23(30)9-8-21(27-28)19-7-6-16(3)22(13-19)25-18(5)29/h6-13,17H,1-5H3,(H,25,29)(H,26,31)/t17-/m0/s1. The summed E-state index contributed by atoms with van der Waals surface area (Å²) in [5, 5.41) is 10.1. The molecule has 0 radical (unpaired) electrons. The molecule has 0 saturated carbocycles. The van der Waals surface area contributed by atoms with E-state index in [1.54, 1.807) is 19.1 Å². The number of aromatic nitrogens is 2. The van der Waals surface area contributed by atoms with Crippen molar-refractivity contribution in [3.05, 3.63) is 75.6 Å². The van der Waals surface area contributed by atoms with Gasteiger partial charge in [-0.15, -0.1) is 0 Å². The van der Waals surface area contributed by atoms with Crippen molar-refractivity contribution in [2.24, 2.45) is 0 Å². The van der Waals surface area contributed by atoms with Crippen molar-refractivity contribution >= 4 is 23.2 Å². The van der Waals surface area contributed by atoms with Gasteiger partial charge in [-0.05, 0) is 68.7 Å². The third kappa shape index (κ3) is 5.25. The predicted molar refractivity (Wildman–Crippen MR) is 122 cm³/mol. The molecule has 3 rings (SSSR count). The number of amides is 2. The summed E-state index contributed by atoms with van der Waals surface area (Å²) < 4.78 is 1.17. The van der Waals surface area contributed by atoms with Gasteiger partial charge in [-0.3, -0.25) is 14.4 Å². The Morgan fingerprint density at radius 1 is 0.935 bits per heavy atom. The molecule has 0 fully saturated rings. The quantitative estimate of drug-likeness (QED) is 0.655. The first kappa shape index (κ1) is 22.0. The van der Waals surface area contributed by atoms with Gasteiger partial charge in [0.25, 0.3) is 5.56 Å². The van der Waals surface area contributed by atoms with E-state index >= 15 is 0 Å². The molecule has 2 aromatic carbocycles. The fraction of sp³-hybridized carbons (Fsp3) is 0.250. The molecule has 160 valence electrons. The Bertz CT molecular complexity index is 1190. The fourth-order valence-corrected chi connectivity index (χ4v) is 3.37. The van der Waals surface area contributed by atoms with Crippen molar-refractivity contribution in [1.29, 1.82) is 0 Å². The smallest absolute Gasteiger partial charge is 0.267 e. The molecule has 1 atom stereocenters. The monoisotopic (exact) mass is 418 g/mol. The highest BCUT2D eigenvalue weighted by atomic mass is 16.2. The molecule has 0 aliphatic rings. The van der Waals surface area contributed by atoms with E-state index in [1.165, 1.54) is 17.7 Å². The Labute approximate surface area is 181 Å². The first-order valence-corrected chi connectivity index (χ1v) is 10.0. The maximum absolute atomic E-state index is 12.8. The molecule has 1 heterocycles. The average molecular weight is 418 g/mol. The number of anilines is 2. The Kier molecular flexibility index (Phi) is 6.34. The fourth-order valence-electron chi connectivity index (χ4n) is 3.37. The number of benzene rings is 2. The zero-order valence-corrected chi connectivity index (χ0v) is 18.3. The van der Waals surface area contributed by atoms with Crippen LogP contribution in [-0.2, 0) is 9.59 Å². The van der Waals surface area contributed by atoms with Crippen LogP contribution in [0.3, 0.4) is 0 Å². The van der Waals surface area contributed by atoms with Crippen molar-refractivity contribution < 1.29 is 9.59 Å². The Hall–Kier alpha value is -3.74. The molecule has 2 amide bonds. The number of hydrogen-bond donors (Lipinski definition) is 2. The summed E-state index contributed by atoms with van der Waals surface area (Å²) in [5.74, 6) is -0.505. The van der Waals surface area contributed by atoms with Crippen molar-refractivity contribution in [3.8, 4) is 11.3 Å². The van der Waals surface area contributed by atoms with E-state index in [4.69, 9.17) is 0 Å². The zero-order chi connectivity index (χ0) is 22.7. The van der Waals surface area contributed by atoms with Crippen LogP contribution in [0.4, 0.5) is 11.4 Å². The summed E-state index contributed by atoms with van der Waals surface area (Å²) >= 11 is 0. The first-order chi connectivity index (χ1) is 14.6. The van der Waals surface area contributed by atoms with Gasteiger partial charge in [0.15, 0.2) is 0 Å². The Balaban J connectivity index is 1.91. The summed E-state index contributed by atoms with van der Waals surface area (Å²) in [5.41, 5.74) is 5.21. The number of nitrogens with zero attached hydrogens (tertiary/aromatic N) is 2. The van der Waals surface area contributed by atoms with E-state index in [0.717, 1.165) is 22.3 Å². The lowest BCUT2D eigenvalue weighted by molar-refractivity contribution is -0.119. The molecule has 0 bridgehead atoms. The third-order valence-corrected chi connectivity index (χ3v) is 4.90. The lowest BCUT2D eigenvalue weighted by atomic mass is 10.1. The van der Waals surface area contributed by atoms with Crippen molar-refractivity contribution in [3.63, 3.8) is 0 Å². The predicted octanol–water partition coefficient (Wildman–Crippen LogP) is 3.99. The van der Waals surface area contributed by atoms with Crippen LogP contribution in [0.5, 0.6) is 0 Å². The van der Waals surface area contributed by atoms with E-state index in [-0.39, 0.29) is 17.4 Å². The van der Waals surface area contributed by atoms with E-state index < -0.39 is 6.04 Å². The number of hydrogen-bond acceptors (Lipinski definition) is 4. The SMILES string of the molecule is CC(=O)Nc1cc(-c2ccc(=O)n([C@@H](C)C(=O)Nc3cc(C)cc(C)c3)n2)ccc1C. The second kappa shape index (κ2) is 8.95. The van der Waals surface area contributed by atoms with Crippen LogP contribution in [0.1, 0.15) is 36.6 Å². The molecule has 0 unspecified atom stereocenters. The van der Waals surface area contributed by atoms with Crippen LogP contribution in [-0.4, -0.2) is 21.6 Å². The molecule has 3 aromatic rings. The van der Waals surface area contributed by atoms with Crippen LogP contribution < -0.4 is 16.2 Å². The van der Waals surface area contributed by atoms with Gasteiger partial charge in [0.1, 0.15) is 6.04 Å².